The molecule has 3 heterocycles. The third kappa shape index (κ3) is 3.51. The molecular formula is C28H19ClN2O4S. The molecule has 1 aliphatic heterocycles. The number of Topliss-reactive ketones (excluding diaryl/α,β-unsaturated/α-hetero) is 1. The molecule has 1 N–H and O–H groups in total. The molecule has 0 aliphatic carbocycles. The molecule has 0 fully saturated rings. The molecule has 0 saturated heterocycles. The van der Waals surface area contributed by atoms with Crippen LogP contribution < -0.4 is 4.90 Å². The monoisotopic (exact) mass is 514 g/mol. The van der Waals surface area contributed by atoms with Crippen LogP contribution in [0.25, 0.3) is 21.2 Å². The standard InChI is InChI=1S/C28H19ClN2O4S/c1-14-11-15(2)23-21(12-14)36-28(30-23)31-24(16-7-9-18(29)10-8-16)22(26(33)27(31)34)25(32)20-13-17-5-3-4-6-19(17)35-20/h3-13,24,33H,1-2H3. The third-order valence-corrected chi connectivity index (χ3v) is 7.57. The van der Waals surface area contributed by atoms with E-state index >= 15 is 0 Å². The fraction of sp³-hybridized carbons (Fsp3) is 0.107. The van der Waals surface area contributed by atoms with Crippen LogP contribution in [-0.4, -0.2) is 21.8 Å². The Kier molecular flexibility index (Phi) is 5.21. The quantitative estimate of drug-likeness (QED) is 0.259. The van der Waals surface area contributed by atoms with Crippen LogP contribution in [0.1, 0.15) is 33.3 Å². The lowest BCUT2D eigenvalue weighted by Gasteiger charge is -2.24. The number of ketones is 1. The Morgan fingerprint density at radius 2 is 1.83 bits per heavy atom. The number of aliphatic hydroxyl groups excluding tert-OH is 1. The molecule has 6 nitrogen and oxygen atoms in total. The predicted molar refractivity (Wildman–Crippen MR) is 141 cm³/mol. The lowest BCUT2D eigenvalue weighted by atomic mass is 9.95. The van der Waals surface area contributed by atoms with Gasteiger partial charge in [-0.25, -0.2) is 4.98 Å². The number of thiazole rings is 1. The summed E-state index contributed by atoms with van der Waals surface area (Å²) in [6.45, 7) is 3.97. The normalized spacial score (nSPS) is 16.0. The molecule has 0 bridgehead atoms. The van der Waals surface area contributed by atoms with Crippen LogP contribution in [0.4, 0.5) is 5.13 Å². The van der Waals surface area contributed by atoms with Crippen molar-refractivity contribution in [2.24, 2.45) is 0 Å². The van der Waals surface area contributed by atoms with E-state index in [1.165, 1.54) is 16.2 Å². The number of hydrogen-bond donors (Lipinski definition) is 1. The molecular weight excluding hydrogens is 496 g/mol. The van der Waals surface area contributed by atoms with Gasteiger partial charge in [0.2, 0.25) is 5.78 Å². The number of para-hydroxylation sites is 1. The fourth-order valence-corrected chi connectivity index (χ4v) is 5.98. The topological polar surface area (TPSA) is 83.6 Å². The minimum Gasteiger partial charge on any atom is -0.503 e. The number of carbonyl (C=O) groups is 2. The lowest BCUT2D eigenvalue weighted by Crippen LogP contribution is -2.30. The van der Waals surface area contributed by atoms with Gasteiger partial charge in [0, 0.05) is 10.4 Å². The summed E-state index contributed by atoms with van der Waals surface area (Å²) in [5.41, 5.74) is 3.94. The Morgan fingerprint density at radius 3 is 2.58 bits per heavy atom. The smallest absolute Gasteiger partial charge is 0.296 e. The van der Waals surface area contributed by atoms with E-state index in [2.05, 4.69) is 0 Å². The molecule has 0 spiro atoms. The van der Waals surface area contributed by atoms with Crippen LogP contribution in [-0.2, 0) is 4.79 Å². The number of nitrogens with zero attached hydrogens (tertiary/aromatic N) is 2. The van der Waals surface area contributed by atoms with Gasteiger partial charge in [-0.2, -0.15) is 0 Å². The van der Waals surface area contributed by atoms with E-state index < -0.39 is 23.5 Å². The van der Waals surface area contributed by atoms with Crippen molar-refractivity contribution in [2.45, 2.75) is 19.9 Å². The van der Waals surface area contributed by atoms with Crippen molar-refractivity contribution < 1.29 is 19.1 Å². The van der Waals surface area contributed by atoms with Gasteiger partial charge in [0.25, 0.3) is 5.91 Å². The summed E-state index contributed by atoms with van der Waals surface area (Å²) in [5.74, 6) is -1.83. The Bertz CT molecular complexity index is 1700. The maximum absolute atomic E-state index is 13.7. The van der Waals surface area contributed by atoms with E-state index in [1.807, 2.05) is 44.2 Å². The summed E-state index contributed by atoms with van der Waals surface area (Å²) < 4.78 is 6.71. The van der Waals surface area contributed by atoms with Gasteiger partial charge in [0.05, 0.1) is 21.8 Å². The second-order valence-electron chi connectivity index (χ2n) is 8.79. The minimum absolute atomic E-state index is 0.0436. The lowest BCUT2D eigenvalue weighted by molar-refractivity contribution is -0.117. The molecule has 0 radical (unpaired) electrons. The number of benzene rings is 3. The van der Waals surface area contributed by atoms with Gasteiger partial charge in [-0.15, -0.1) is 0 Å². The van der Waals surface area contributed by atoms with E-state index in [4.69, 9.17) is 21.0 Å². The van der Waals surface area contributed by atoms with Crippen LogP contribution in [0, 0.1) is 13.8 Å². The number of aryl methyl sites for hydroxylation is 2. The Hall–Kier alpha value is -3.94. The van der Waals surface area contributed by atoms with Crippen molar-refractivity contribution in [1.82, 2.24) is 4.98 Å². The molecule has 2 aromatic heterocycles. The molecule has 1 aliphatic rings. The summed E-state index contributed by atoms with van der Waals surface area (Å²) in [7, 11) is 0. The average molecular weight is 515 g/mol. The zero-order chi connectivity index (χ0) is 25.1. The second kappa shape index (κ2) is 8.33. The zero-order valence-corrected chi connectivity index (χ0v) is 20.9. The first-order valence-corrected chi connectivity index (χ1v) is 12.4. The van der Waals surface area contributed by atoms with Crippen molar-refractivity contribution in [3.63, 3.8) is 0 Å². The van der Waals surface area contributed by atoms with Crippen molar-refractivity contribution in [1.29, 1.82) is 0 Å². The molecule has 8 heteroatoms. The molecule has 6 rings (SSSR count). The minimum atomic E-state index is -0.905. The van der Waals surface area contributed by atoms with Gasteiger partial charge in [-0.1, -0.05) is 59.3 Å². The maximum atomic E-state index is 13.7. The third-order valence-electron chi connectivity index (χ3n) is 6.31. The predicted octanol–water partition coefficient (Wildman–Crippen LogP) is 7.10. The number of fused-ring (bicyclic) bond motifs is 2. The first-order chi connectivity index (χ1) is 17.3. The number of rotatable bonds is 4. The van der Waals surface area contributed by atoms with Gasteiger partial charge >= 0.3 is 0 Å². The average Bonchev–Trinajstić information content (AvgIpc) is 3.54. The SMILES string of the molecule is Cc1cc(C)c2nc(N3C(=O)C(O)=C(C(=O)c4cc5ccccc5o4)C3c3ccc(Cl)cc3)sc2c1. The molecule has 3 aromatic carbocycles. The summed E-state index contributed by atoms with van der Waals surface area (Å²) in [5, 5.41) is 12.7. The van der Waals surface area contributed by atoms with Gasteiger partial charge < -0.3 is 9.52 Å². The number of furan rings is 1. The molecule has 1 unspecified atom stereocenters. The molecule has 1 amide bonds. The van der Waals surface area contributed by atoms with Crippen LogP contribution >= 0.6 is 22.9 Å². The number of anilines is 1. The molecule has 0 saturated carbocycles. The summed E-state index contributed by atoms with van der Waals surface area (Å²) in [6, 6.07) is 18.8. The first kappa shape index (κ1) is 22.5. The summed E-state index contributed by atoms with van der Waals surface area (Å²) >= 11 is 7.46. The van der Waals surface area contributed by atoms with E-state index in [9.17, 15) is 14.7 Å². The highest BCUT2D eigenvalue weighted by Gasteiger charge is 2.46. The number of aromatic nitrogens is 1. The Balaban J connectivity index is 1.52. The molecule has 36 heavy (non-hydrogen) atoms. The molecule has 178 valence electrons. The van der Waals surface area contributed by atoms with E-state index in [0.717, 1.165) is 26.7 Å². The largest absolute Gasteiger partial charge is 0.503 e. The second-order valence-corrected chi connectivity index (χ2v) is 10.2. The van der Waals surface area contributed by atoms with Crippen LogP contribution in [0.3, 0.4) is 0 Å². The Morgan fingerprint density at radius 1 is 1.08 bits per heavy atom. The van der Waals surface area contributed by atoms with Crippen molar-refractivity contribution in [3.05, 3.63) is 106 Å². The Labute approximate surface area is 215 Å². The maximum Gasteiger partial charge on any atom is 0.296 e. The highest BCUT2D eigenvalue weighted by molar-refractivity contribution is 7.22. The van der Waals surface area contributed by atoms with Crippen molar-refractivity contribution in [3.8, 4) is 0 Å². The van der Waals surface area contributed by atoms with Crippen molar-refractivity contribution in [2.75, 3.05) is 4.90 Å². The highest BCUT2D eigenvalue weighted by Crippen LogP contribution is 2.45. The van der Waals surface area contributed by atoms with Gasteiger partial charge in [0.1, 0.15) is 5.58 Å². The number of hydrogen-bond acceptors (Lipinski definition) is 6. The summed E-state index contributed by atoms with van der Waals surface area (Å²) in [6.07, 6.45) is 0. The van der Waals surface area contributed by atoms with E-state index in [-0.39, 0.29) is 11.3 Å². The van der Waals surface area contributed by atoms with E-state index in [1.54, 1.807) is 36.4 Å². The van der Waals surface area contributed by atoms with Crippen LogP contribution in [0.15, 0.2) is 82.5 Å². The van der Waals surface area contributed by atoms with Crippen LogP contribution in [0.2, 0.25) is 5.02 Å². The number of amides is 1. The van der Waals surface area contributed by atoms with Gasteiger partial charge in [-0.3, -0.25) is 14.5 Å². The molecule has 5 aromatic rings. The summed E-state index contributed by atoms with van der Waals surface area (Å²) in [4.78, 5) is 33.3. The molecule has 1 atom stereocenters. The number of aliphatic hydroxyl groups is 1. The van der Waals surface area contributed by atoms with Crippen LogP contribution in [0.5, 0.6) is 0 Å². The fourth-order valence-electron chi connectivity index (χ4n) is 4.68. The first-order valence-electron chi connectivity index (χ1n) is 11.2. The number of halogens is 1. The van der Waals surface area contributed by atoms with Gasteiger partial charge in [0.15, 0.2) is 16.7 Å². The van der Waals surface area contributed by atoms with E-state index in [0.29, 0.717) is 21.3 Å². The highest BCUT2D eigenvalue weighted by atomic mass is 35.5. The zero-order valence-electron chi connectivity index (χ0n) is 19.3. The van der Waals surface area contributed by atoms with Gasteiger partial charge in [-0.05, 0) is 60.9 Å². The number of carbonyl (C=O) groups excluding carboxylic acids is 2. The van der Waals surface area contributed by atoms with Crippen molar-refractivity contribution >= 4 is 60.9 Å².